The molecule has 2 aromatic carbocycles. The van der Waals surface area contributed by atoms with Crippen LogP contribution in [-0.4, -0.2) is 34.6 Å². The smallest absolute Gasteiger partial charge is 0.414 e. The zero-order valence-corrected chi connectivity index (χ0v) is 15.6. The monoisotopic (exact) mass is 394 g/mol. The lowest BCUT2D eigenvalue weighted by Crippen LogP contribution is -2.34. The minimum absolute atomic E-state index is 0.124. The van der Waals surface area contributed by atoms with Crippen molar-refractivity contribution in [3.05, 3.63) is 81.5 Å². The van der Waals surface area contributed by atoms with Crippen LogP contribution in [0.5, 0.6) is 0 Å². The molecule has 148 valence electrons. The number of ether oxygens (including phenoxy) is 1. The standard InChI is InChI=1S/C21H18N2O6/c1-29-21(26)22-11-10-17-16(8-5-9-18(17)23(27)28)19(22)12-15(24)13-20(25)14-6-3-2-4-7-14/h2-11,19H,12-13H2,1H3. The highest BCUT2D eigenvalue weighted by atomic mass is 16.6. The van der Waals surface area contributed by atoms with E-state index < -0.39 is 17.1 Å². The van der Waals surface area contributed by atoms with Gasteiger partial charge in [-0.05, 0) is 11.6 Å². The number of methoxy groups -OCH3 is 1. The normalized spacial score (nSPS) is 14.8. The molecule has 3 rings (SSSR count). The van der Waals surface area contributed by atoms with Crippen molar-refractivity contribution in [1.82, 2.24) is 4.90 Å². The number of carbonyl (C=O) groups excluding carboxylic acids is 3. The van der Waals surface area contributed by atoms with Crippen LogP contribution in [-0.2, 0) is 9.53 Å². The summed E-state index contributed by atoms with van der Waals surface area (Å²) >= 11 is 0. The Morgan fingerprint density at radius 1 is 1.10 bits per heavy atom. The Bertz CT molecular complexity index is 999. The summed E-state index contributed by atoms with van der Waals surface area (Å²) in [5.41, 5.74) is 1.07. The second kappa shape index (κ2) is 8.47. The molecule has 1 heterocycles. The summed E-state index contributed by atoms with van der Waals surface area (Å²) in [5, 5.41) is 11.3. The van der Waals surface area contributed by atoms with Gasteiger partial charge in [-0.2, -0.15) is 0 Å². The Balaban J connectivity index is 1.88. The number of nitro benzene ring substituents is 1. The minimum Gasteiger partial charge on any atom is -0.452 e. The van der Waals surface area contributed by atoms with E-state index in [1.807, 2.05) is 0 Å². The van der Waals surface area contributed by atoms with Gasteiger partial charge < -0.3 is 4.74 Å². The molecule has 0 N–H and O–H groups in total. The molecule has 0 radical (unpaired) electrons. The van der Waals surface area contributed by atoms with Gasteiger partial charge in [-0.25, -0.2) is 4.79 Å². The summed E-state index contributed by atoms with van der Waals surface area (Å²) in [6.07, 6.45) is 1.60. The lowest BCUT2D eigenvalue weighted by Gasteiger charge is -2.31. The molecule has 0 saturated carbocycles. The van der Waals surface area contributed by atoms with Crippen LogP contribution in [0.3, 0.4) is 0 Å². The minimum atomic E-state index is -0.807. The van der Waals surface area contributed by atoms with Crippen molar-refractivity contribution in [1.29, 1.82) is 0 Å². The van der Waals surface area contributed by atoms with Gasteiger partial charge in [0.05, 0.1) is 30.1 Å². The highest BCUT2D eigenvalue weighted by molar-refractivity contribution is 6.08. The fraction of sp³-hybridized carbons (Fsp3) is 0.190. The number of rotatable bonds is 6. The van der Waals surface area contributed by atoms with Gasteiger partial charge in [-0.3, -0.25) is 24.6 Å². The molecule has 1 aliphatic rings. The van der Waals surface area contributed by atoms with Gasteiger partial charge in [0.15, 0.2) is 5.78 Å². The first kappa shape index (κ1) is 19.9. The fourth-order valence-corrected chi connectivity index (χ4v) is 3.31. The third-order valence-corrected chi connectivity index (χ3v) is 4.67. The zero-order chi connectivity index (χ0) is 21.0. The number of hydrogen-bond donors (Lipinski definition) is 0. The Morgan fingerprint density at radius 2 is 1.83 bits per heavy atom. The van der Waals surface area contributed by atoms with Crippen molar-refractivity contribution < 1.29 is 24.0 Å². The van der Waals surface area contributed by atoms with E-state index in [0.717, 1.165) is 0 Å². The van der Waals surface area contributed by atoms with Crippen LogP contribution < -0.4 is 0 Å². The molecule has 1 amide bonds. The van der Waals surface area contributed by atoms with Gasteiger partial charge in [0.25, 0.3) is 5.69 Å². The van der Waals surface area contributed by atoms with Crippen molar-refractivity contribution in [3.8, 4) is 0 Å². The van der Waals surface area contributed by atoms with E-state index in [9.17, 15) is 24.5 Å². The van der Waals surface area contributed by atoms with E-state index in [1.165, 1.54) is 36.4 Å². The number of nitro groups is 1. The van der Waals surface area contributed by atoms with Crippen LogP contribution in [0.15, 0.2) is 54.7 Å². The van der Waals surface area contributed by atoms with Crippen molar-refractivity contribution in [2.24, 2.45) is 0 Å². The van der Waals surface area contributed by atoms with Crippen molar-refractivity contribution in [3.63, 3.8) is 0 Å². The molecule has 0 bridgehead atoms. The molecule has 0 aromatic heterocycles. The number of amides is 1. The van der Waals surface area contributed by atoms with Gasteiger partial charge in [-0.1, -0.05) is 42.5 Å². The van der Waals surface area contributed by atoms with Gasteiger partial charge >= 0.3 is 6.09 Å². The average molecular weight is 394 g/mol. The number of ketones is 2. The Kier molecular flexibility index (Phi) is 5.82. The van der Waals surface area contributed by atoms with Crippen LogP contribution in [0, 0.1) is 10.1 Å². The SMILES string of the molecule is COC(=O)N1C=Cc2c(cccc2[N+](=O)[O-])C1CC(=O)CC(=O)c1ccccc1. The summed E-state index contributed by atoms with van der Waals surface area (Å²) in [7, 11) is 1.21. The molecule has 1 unspecified atom stereocenters. The summed E-state index contributed by atoms with van der Waals surface area (Å²) in [4.78, 5) is 49.1. The molecule has 0 aliphatic carbocycles. The van der Waals surface area contributed by atoms with E-state index >= 15 is 0 Å². The summed E-state index contributed by atoms with van der Waals surface area (Å²) in [5.74, 6) is -0.712. The second-order valence-corrected chi connectivity index (χ2v) is 6.45. The number of hydrogen-bond acceptors (Lipinski definition) is 6. The number of fused-ring (bicyclic) bond motifs is 1. The molecule has 0 fully saturated rings. The third-order valence-electron chi connectivity index (χ3n) is 4.67. The van der Waals surface area contributed by atoms with Crippen LogP contribution in [0.25, 0.3) is 6.08 Å². The predicted molar refractivity (Wildman–Crippen MR) is 104 cm³/mol. The number of carbonyl (C=O) groups is 3. The van der Waals surface area contributed by atoms with Gasteiger partial charge in [0.2, 0.25) is 0 Å². The Morgan fingerprint density at radius 3 is 2.48 bits per heavy atom. The first-order chi connectivity index (χ1) is 13.9. The second-order valence-electron chi connectivity index (χ2n) is 6.45. The largest absolute Gasteiger partial charge is 0.452 e. The van der Waals surface area contributed by atoms with Crippen LogP contribution in [0.1, 0.15) is 40.4 Å². The first-order valence-corrected chi connectivity index (χ1v) is 8.84. The zero-order valence-electron chi connectivity index (χ0n) is 15.6. The average Bonchev–Trinajstić information content (AvgIpc) is 2.73. The molecule has 0 spiro atoms. The van der Waals surface area contributed by atoms with Crippen LogP contribution in [0.2, 0.25) is 0 Å². The molecular formula is C21H18N2O6. The van der Waals surface area contributed by atoms with Crippen LogP contribution in [0.4, 0.5) is 10.5 Å². The van der Waals surface area contributed by atoms with E-state index in [-0.39, 0.29) is 30.1 Å². The predicted octanol–water partition coefficient (Wildman–Crippen LogP) is 3.92. The van der Waals surface area contributed by atoms with Crippen molar-refractivity contribution >= 4 is 29.4 Å². The highest BCUT2D eigenvalue weighted by Gasteiger charge is 2.33. The molecule has 1 atom stereocenters. The maximum Gasteiger partial charge on any atom is 0.414 e. The Hall–Kier alpha value is -3.81. The van der Waals surface area contributed by atoms with Crippen molar-refractivity contribution in [2.45, 2.75) is 18.9 Å². The van der Waals surface area contributed by atoms with Crippen LogP contribution >= 0.6 is 0 Å². The number of nitrogens with zero attached hydrogens (tertiary/aromatic N) is 2. The molecule has 8 heteroatoms. The van der Waals surface area contributed by atoms with E-state index in [0.29, 0.717) is 16.7 Å². The lowest BCUT2D eigenvalue weighted by molar-refractivity contribution is -0.385. The summed E-state index contributed by atoms with van der Waals surface area (Å²) < 4.78 is 4.77. The molecule has 2 aromatic rings. The van der Waals surface area contributed by atoms with E-state index in [4.69, 9.17) is 4.74 Å². The fourth-order valence-electron chi connectivity index (χ4n) is 3.31. The molecule has 0 saturated heterocycles. The van der Waals surface area contributed by atoms with Gasteiger partial charge in [0.1, 0.15) is 5.78 Å². The van der Waals surface area contributed by atoms with Crippen molar-refractivity contribution in [2.75, 3.05) is 7.11 Å². The first-order valence-electron chi connectivity index (χ1n) is 8.84. The number of Topliss-reactive ketones (excluding diaryl/α,β-unsaturated/α-hetero) is 2. The number of benzene rings is 2. The third kappa shape index (κ3) is 4.21. The highest BCUT2D eigenvalue weighted by Crippen LogP contribution is 2.37. The quantitative estimate of drug-likeness (QED) is 0.318. The summed E-state index contributed by atoms with van der Waals surface area (Å²) in [6.45, 7) is 0. The molecule has 8 nitrogen and oxygen atoms in total. The Labute approximate surface area is 166 Å². The molecule has 1 aliphatic heterocycles. The van der Waals surface area contributed by atoms with Gasteiger partial charge in [0, 0.05) is 24.3 Å². The van der Waals surface area contributed by atoms with E-state index in [1.54, 1.807) is 36.4 Å². The maximum atomic E-state index is 12.6. The lowest BCUT2D eigenvalue weighted by atomic mass is 9.90. The van der Waals surface area contributed by atoms with E-state index in [2.05, 4.69) is 0 Å². The molecular weight excluding hydrogens is 376 g/mol. The maximum absolute atomic E-state index is 12.6. The molecule has 29 heavy (non-hydrogen) atoms. The topological polar surface area (TPSA) is 107 Å². The summed E-state index contributed by atoms with van der Waals surface area (Å²) in [6, 6.07) is 12.1. The van der Waals surface area contributed by atoms with Gasteiger partial charge in [-0.15, -0.1) is 0 Å².